The first-order valence-corrected chi connectivity index (χ1v) is 19.1. The van der Waals surface area contributed by atoms with Gasteiger partial charge in [-0.1, -0.05) is 127 Å². The van der Waals surface area contributed by atoms with Crippen molar-refractivity contribution < 1.29 is 9.50 Å². The predicted octanol–water partition coefficient (Wildman–Crippen LogP) is 13.6. The third kappa shape index (κ3) is 6.69. The minimum atomic E-state index is -0.363. The van der Waals surface area contributed by atoms with Crippen LogP contribution in [-0.4, -0.2) is 19.6 Å². The average molecular weight is 724 g/mol. The molecule has 0 aliphatic rings. The van der Waals surface area contributed by atoms with Crippen LogP contribution in [0.25, 0.3) is 72.4 Å². The van der Waals surface area contributed by atoms with E-state index in [4.69, 9.17) is 9.97 Å². The van der Waals surface area contributed by atoms with Crippen molar-refractivity contribution in [2.75, 3.05) is 0 Å². The molecule has 0 aliphatic carbocycles. The predicted molar refractivity (Wildman–Crippen MR) is 227 cm³/mol. The summed E-state index contributed by atoms with van der Waals surface area (Å²) in [4.78, 5) is 10.2. The van der Waals surface area contributed by atoms with Crippen molar-refractivity contribution in [1.29, 1.82) is 0 Å². The van der Waals surface area contributed by atoms with E-state index in [1.165, 1.54) is 0 Å². The molecule has 274 valence electrons. The summed E-state index contributed by atoms with van der Waals surface area (Å²) in [6, 6.07) is 42.3. The minimum Gasteiger partial charge on any atom is -0.507 e. The van der Waals surface area contributed by atoms with Gasteiger partial charge in [0.05, 0.1) is 28.0 Å². The van der Waals surface area contributed by atoms with Crippen LogP contribution in [0.4, 0.5) is 4.39 Å². The molecule has 5 heteroatoms. The lowest BCUT2D eigenvalue weighted by molar-refractivity contribution is 0.477. The maximum absolute atomic E-state index is 16.4. The summed E-state index contributed by atoms with van der Waals surface area (Å²) in [5, 5.41) is 13.6. The number of pyridine rings is 1. The Morgan fingerprint density at radius 3 is 1.95 bits per heavy atom. The van der Waals surface area contributed by atoms with Gasteiger partial charge in [0.25, 0.3) is 0 Å². The molecular formula is C50H46FN3O. The van der Waals surface area contributed by atoms with E-state index in [-0.39, 0.29) is 28.8 Å². The molecule has 0 saturated carbocycles. The average Bonchev–Trinajstić information content (AvgIpc) is 3.55. The topological polar surface area (TPSA) is 50.9 Å². The molecule has 0 saturated heterocycles. The van der Waals surface area contributed by atoms with Gasteiger partial charge in [0.15, 0.2) is 0 Å². The summed E-state index contributed by atoms with van der Waals surface area (Å²) in [6.45, 7) is 15.3. The maximum atomic E-state index is 16.4. The Labute approximate surface area is 323 Å². The number of halogens is 1. The van der Waals surface area contributed by atoms with Crippen LogP contribution in [0.15, 0.2) is 134 Å². The second kappa shape index (κ2) is 14.0. The fourth-order valence-electron chi connectivity index (χ4n) is 7.71. The number of phenolic OH excluding ortho intramolecular Hbond substituents is 1. The highest BCUT2D eigenvalue weighted by molar-refractivity contribution is 5.98. The molecule has 0 unspecified atom stereocenters. The minimum absolute atomic E-state index is 0.117. The first-order valence-electron chi connectivity index (χ1n) is 19.1. The first kappa shape index (κ1) is 35.9. The standard InChI is InChI=1S/C50H46FN3O/c1-30(2)40-18-13-19-41(31(3)4)48(40)54-45-29-39(51)28-42(47(45)53-49(54)43-25-33-16-11-12-17-34(33)27-46(43)55)36-22-37(24-38(23-36)50(5,6)7)44-26-35(20-21-52-44)32-14-9-8-10-15-32/h8-31,55H,1-7H3. The Morgan fingerprint density at radius 2 is 1.27 bits per heavy atom. The number of aromatic hydroxyl groups is 1. The largest absolute Gasteiger partial charge is 0.507 e. The molecule has 8 aromatic rings. The van der Waals surface area contributed by atoms with Gasteiger partial charge in [-0.25, -0.2) is 9.37 Å². The van der Waals surface area contributed by atoms with Gasteiger partial charge in [-0.2, -0.15) is 0 Å². The van der Waals surface area contributed by atoms with Crippen LogP contribution in [0.2, 0.25) is 0 Å². The number of aromatic nitrogens is 3. The molecule has 2 heterocycles. The van der Waals surface area contributed by atoms with E-state index in [0.717, 1.165) is 61.1 Å². The van der Waals surface area contributed by atoms with Crippen molar-refractivity contribution in [3.63, 3.8) is 0 Å². The molecule has 55 heavy (non-hydrogen) atoms. The van der Waals surface area contributed by atoms with Gasteiger partial charge in [-0.05, 0) is 104 Å². The van der Waals surface area contributed by atoms with Crippen molar-refractivity contribution >= 4 is 21.8 Å². The Hall–Kier alpha value is -6.07. The van der Waals surface area contributed by atoms with Crippen LogP contribution < -0.4 is 0 Å². The number of hydrogen-bond acceptors (Lipinski definition) is 3. The van der Waals surface area contributed by atoms with Gasteiger partial charge in [0.2, 0.25) is 0 Å². The Morgan fingerprint density at radius 1 is 0.618 bits per heavy atom. The summed E-state index contributed by atoms with van der Waals surface area (Å²) in [6.07, 6.45) is 1.85. The van der Waals surface area contributed by atoms with Crippen molar-refractivity contribution in [3.05, 3.63) is 156 Å². The summed E-state index contributed by atoms with van der Waals surface area (Å²) < 4.78 is 18.5. The summed E-state index contributed by atoms with van der Waals surface area (Å²) in [7, 11) is 0. The third-order valence-electron chi connectivity index (χ3n) is 10.7. The summed E-state index contributed by atoms with van der Waals surface area (Å²) >= 11 is 0. The van der Waals surface area contributed by atoms with E-state index in [1.807, 2.05) is 60.8 Å². The summed E-state index contributed by atoms with van der Waals surface area (Å²) in [5.41, 5.74) is 11.5. The zero-order valence-electron chi connectivity index (χ0n) is 32.5. The molecule has 0 aliphatic heterocycles. The van der Waals surface area contributed by atoms with Crippen molar-refractivity contribution in [2.45, 2.75) is 65.7 Å². The third-order valence-corrected chi connectivity index (χ3v) is 10.7. The van der Waals surface area contributed by atoms with E-state index in [0.29, 0.717) is 28.0 Å². The highest BCUT2D eigenvalue weighted by Gasteiger charge is 2.27. The van der Waals surface area contributed by atoms with Crippen molar-refractivity contribution in [1.82, 2.24) is 14.5 Å². The van der Waals surface area contributed by atoms with Crippen LogP contribution in [-0.2, 0) is 5.41 Å². The zero-order chi connectivity index (χ0) is 38.6. The number of para-hydroxylation sites is 1. The van der Waals surface area contributed by atoms with Gasteiger partial charge in [0, 0.05) is 23.4 Å². The van der Waals surface area contributed by atoms with E-state index in [2.05, 4.69) is 108 Å². The number of nitrogens with zero attached hydrogens (tertiary/aromatic N) is 3. The smallest absolute Gasteiger partial charge is 0.149 e. The summed E-state index contributed by atoms with van der Waals surface area (Å²) in [5.74, 6) is 0.652. The Balaban J connectivity index is 1.45. The molecule has 0 radical (unpaired) electrons. The lowest BCUT2D eigenvalue weighted by Gasteiger charge is -2.23. The van der Waals surface area contributed by atoms with Gasteiger partial charge < -0.3 is 5.11 Å². The highest BCUT2D eigenvalue weighted by atomic mass is 19.1. The highest BCUT2D eigenvalue weighted by Crippen LogP contribution is 2.44. The molecule has 0 atom stereocenters. The van der Waals surface area contributed by atoms with E-state index >= 15 is 4.39 Å². The normalized spacial score (nSPS) is 12.0. The molecule has 0 amide bonds. The van der Waals surface area contributed by atoms with E-state index in [9.17, 15) is 5.11 Å². The molecule has 0 spiro atoms. The fourth-order valence-corrected chi connectivity index (χ4v) is 7.71. The maximum Gasteiger partial charge on any atom is 0.149 e. The number of hydrogen-bond donors (Lipinski definition) is 1. The number of phenols is 1. The van der Waals surface area contributed by atoms with Crippen LogP contribution in [0.5, 0.6) is 5.75 Å². The number of fused-ring (bicyclic) bond motifs is 2. The quantitative estimate of drug-likeness (QED) is 0.178. The van der Waals surface area contributed by atoms with Crippen molar-refractivity contribution in [2.24, 2.45) is 0 Å². The lowest BCUT2D eigenvalue weighted by atomic mass is 9.83. The van der Waals surface area contributed by atoms with E-state index in [1.54, 1.807) is 18.2 Å². The molecule has 1 N–H and O–H groups in total. The second-order valence-electron chi connectivity index (χ2n) is 16.2. The van der Waals surface area contributed by atoms with Crippen LogP contribution in [0.3, 0.4) is 0 Å². The number of benzene rings is 6. The van der Waals surface area contributed by atoms with Gasteiger partial charge in [0.1, 0.15) is 17.4 Å². The number of rotatable bonds is 7. The zero-order valence-corrected chi connectivity index (χ0v) is 32.5. The molecule has 4 nitrogen and oxygen atoms in total. The van der Waals surface area contributed by atoms with E-state index < -0.39 is 0 Å². The molecule has 6 aromatic carbocycles. The van der Waals surface area contributed by atoms with Crippen LogP contribution >= 0.6 is 0 Å². The number of imidazole rings is 1. The van der Waals surface area contributed by atoms with Crippen molar-refractivity contribution in [3.8, 4) is 56.3 Å². The van der Waals surface area contributed by atoms with Crippen LogP contribution in [0, 0.1) is 5.82 Å². The van der Waals surface area contributed by atoms with Gasteiger partial charge in [-0.15, -0.1) is 0 Å². The lowest BCUT2D eigenvalue weighted by Crippen LogP contribution is -2.11. The fraction of sp³-hybridized carbons (Fsp3) is 0.200. The molecule has 0 bridgehead atoms. The van der Waals surface area contributed by atoms with Gasteiger partial charge in [-0.3, -0.25) is 9.55 Å². The Bertz CT molecular complexity index is 2690. The monoisotopic (exact) mass is 723 g/mol. The van der Waals surface area contributed by atoms with Crippen LogP contribution in [0.1, 0.15) is 77.0 Å². The van der Waals surface area contributed by atoms with Gasteiger partial charge >= 0.3 is 0 Å². The molecule has 2 aromatic heterocycles. The molecule has 0 fully saturated rings. The SMILES string of the molecule is CC(C)c1cccc(C(C)C)c1-n1c(-c2cc3ccccc3cc2O)nc2c(-c3cc(-c4cc(-c5ccccc5)ccn4)cc(C(C)(C)C)c3)cc(F)cc21. The molecule has 8 rings (SSSR count). The second-order valence-corrected chi connectivity index (χ2v) is 16.2. The molecular weight excluding hydrogens is 678 g/mol. The Kier molecular flexibility index (Phi) is 9.13. The first-order chi connectivity index (χ1) is 26.4.